The normalized spacial score (nSPS) is 10.3. The van der Waals surface area contributed by atoms with E-state index in [2.05, 4.69) is 10.3 Å². The van der Waals surface area contributed by atoms with Crippen molar-refractivity contribution in [1.29, 1.82) is 0 Å². The minimum absolute atomic E-state index is 0.110. The molecule has 0 bridgehead atoms. The van der Waals surface area contributed by atoms with Crippen LogP contribution in [-0.2, 0) is 4.79 Å². The Hall–Kier alpha value is -3.21. The first-order chi connectivity index (χ1) is 11.2. The van der Waals surface area contributed by atoms with E-state index in [-0.39, 0.29) is 12.5 Å². The molecule has 23 heavy (non-hydrogen) atoms. The molecule has 1 amide bonds. The average molecular weight is 306 g/mol. The second kappa shape index (κ2) is 6.70. The minimum atomic E-state index is -0.264. The number of aromatic nitrogens is 1. The quantitative estimate of drug-likeness (QED) is 0.736. The van der Waals surface area contributed by atoms with Crippen LogP contribution in [0.1, 0.15) is 10.4 Å². The zero-order valence-corrected chi connectivity index (χ0v) is 12.2. The van der Waals surface area contributed by atoms with Gasteiger partial charge in [-0.2, -0.15) is 0 Å². The van der Waals surface area contributed by atoms with Crippen LogP contribution in [0.15, 0.2) is 60.8 Å². The lowest BCUT2D eigenvalue weighted by Crippen LogP contribution is -2.20. The Morgan fingerprint density at radius 1 is 1.13 bits per heavy atom. The van der Waals surface area contributed by atoms with Crippen molar-refractivity contribution in [3.05, 3.63) is 66.4 Å². The van der Waals surface area contributed by atoms with Gasteiger partial charge in [0.05, 0.1) is 5.52 Å². The number of anilines is 1. The van der Waals surface area contributed by atoms with Gasteiger partial charge in [-0.15, -0.1) is 0 Å². The molecule has 0 unspecified atom stereocenters. The van der Waals surface area contributed by atoms with E-state index in [1.807, 2.05) is 30.3 Å². The van der Waals surface area contributed by atoms with Crippen LogP contribution in [0, 0.1) is 0 Å². The van der Waals surface area contributed by atoms with Crippen LogP contribution >= 0.6 is 0 Å². The molecule has 0 aliphatic carbocycles. The van der Waals surface area contributed by atoms with Crippen molar-refractivity contribution in [3.63, 3.8) is 0 Å². The van der Waals surface area contributed by atoms with Crippen molar-refractivity contribution in [2.45, 2.75) is 0 Å². The summed E-state index contributed by atoms with van der Waals surface area (Å²) in [5, 5.41) is 3.78. The number of aldehydes is 1. The molecular formula is C18H14N2O3. The molecular weight excluding hydrogens is 292 g/mol. The maximum absolute atomic E-state index is 11.9. The fraction of sp³-hybridized carbons (Fsp3) is 0.0556. The fourth-order valence-corrected chi connectivity index (χ4v) is 2.13. The summed E-state index contributed by atoms with van der Waals surface area (Å²) in [6.45, 7) is -0.110. The van der Waals surface area contributed by atoms with Crippen molar-refractivity contribution in [3.8, 4) is 5.75 Å². The van der Waals surface area contributed by atoms with Crippen molar-refractivity contribution in [2.75, 3.05) is 11.9 Å². The Morgan fingerprint density at radius 3 is 2.74 bits per heavy atom. The molecule has 0 saturated carbocycles. The van der Waals surface area contributed by atoms with E-state index in [0.717, 1.165) is 17.2 Å². The molecule has 0 radical (unpaired) electrons. The highest BCUT2D eigenvalue weighted by atomic mass is 16.5. The molecule has 0 fully saturated rings. The van der Waals surface area contributed by atoms with E-state index in [4.69, 9.17) is 4.74 Å². The number of pyridine rings is 1. The van der Waals surface area contributed by atoms with E-state index in [1.54, 1.807) is 30.5 Å². The van der Waals surface area contributed by atoms with Crippen LogP contribution in [0.2, 0.25) is 0 Å². The summed E-state index contributed by atoms with van der Waals surface area (Å²) in [5.41, 5.74) is 2.04. The Labute approximate surface area is 132 Å². The standard InChI is InChI=1S/C18H14N2O3/c21-11-13-3-7-16(8-4-13)23-12-18(22)20-15-6-5-14-2-1-9-19-17(14)10-15/h1-11H,12H2,(H,20,22). The van der Waals surface area contributed by atoms with Crippen LogP contribution in [0.4, 0.5) is 5.69 Å². The smallest absolute Gasteiger partial charge is 0.262 e. The van der Waals surface area contributed by atoms with Crippen molar-refractivity contribution in [2.24, 2.45) is 0 Å². The van der Waals surface area contributed by atoms with Gasteiger partial charge in [-0.3, -0.25) is 14.6 Å². The second-order valence-electron chi connectivity index (χ2n) is 4.93. The van der Waals surface area contributed by atoms with Gasteiger partial charge in [-0.1, -0.05) is 12.1 Å². The summed E-state index contributed by atoms with van der Waals surface area (Å²) < 4.78 is 5.38. The maximum Gasteiger partial charge on any atom is 0.262 e. The summed E-state index contributed by atoms with van der Waals surface area (Å²) in [5.74, 6) is 0.269. The molecule has 5 heteroatoms. The van der Waals surface area contributed by atoms with Crippen LogP contribution in [0.3, 0.4) is 0 Å². The highest BCUT2D eigenvalue weighted by molar-refractivity contribution is 5.94. The second-order valence-corrected chi connectivity index (χ2v) is 4.93. The van der Waals surface area contributed by atoms with Crippen LogP contribution in [0.25, 0.3) is 10.9 Å². The number of nitrogens with one attached hydrogen (secondary N) is 1. The molecule has 1 heterocycles. The van der Waals surface area contributed by atoms with Gasteiger partial charge < -0.3 is 10.1 Å². The first-order valence-corrected chi connectivity index (χ1v) is 7.07. The maximum atomic E-state index is 11.9. The molecule has 2 aromatic carbocycles. The predicted octanol–water partition coefficient (Wildman–Crippen LogP) is 3.06. The number of hydrogen-bond donors (Lipinski definition) is 1. The number of benzene rings is 2. The third-order valence-corrected chi connectivity index (χ3v) is 3.28. The lowest BCUT2D eigenvalue weighted by Gasteiger charge is -2.08. The largest absolute Gasteiger partial charge is 0.484 e. The Kier molecular flexibility index (Phi) is 4.29. The minimum Gasteiger partial charge on any atom is -0.484 e. The molecule has 0 aliphatic rings. The molecule has 3 aromatic rings. The van der Waals surface area contributed by atoms with Gasteiger partial charge in [0.25, 0.3) is 5.91 Å². The van der Waals surface area contributed by atoms with Crippen LogP contribution < -0.4 is 10.1 Å². The van der Waals surface area contributed by atoms with E-state index < -0.39 is 0 Å². The summed E-state index contributed by atoms with van der Waals surface area (Å²) >= 11 is 0. The van der Waals surface area contributed by atoms with Gasteiger partial charge >= 0.3 is 0 Å². The van der Waals surface area contributed by atoms with Crippen LogP contribution in [-0.4, -0.2) is 23.8 Å². The van der Waals surface area contributed by atoms with E-state index in [1.165, 1.54) is 0 Å². The highest BCUT2D eigenvalue weighted by Gasteiger charge is 2.05. The van der Waals surface area contributed by atoms with Crippen molar-refractivity contribution >= 4 is 28.8 Å². The average Bonchev–Trinajstić information content (AvgIpc) is 2.60. The van der Waals surface area contributed by atoms with Crippen molar-refractivity contribution < 1.29 is 14.3 Å². The van der Waals surface area contributed by atoms with Gasteiger partial charge in [-0.05, 0) is 42.5 Å². The van der Waals surface area contributed by atoms with E-state index >= 15 is 0 Å². The number of fused-ring (bicyclic) bond motifs is 1. The fourth-order valence-electron chi connectivity index (χ4n) is 2.13. The number of carbonyl (C=O) groups excluding carboxylic acids is 2. The zero-order chi connectivity index (χ0) is 16.1. The SMILES string of the molecule is O=Cc1ccc(OCC(=O)Nc2ccc3cccnc3c2)cc1. The van der Waals surface area contributed by atoms with Gasteiger partial charge in [0.15, 0.2) is 6.61 Å². The van der Waals surface area contributed by atoms with Crippen molar-refractivity contribution in [1.82, 2.24) is 4.98 Å². The molecule has 0 saturated heterocycles. The van der Waals surface area contributed by atoms with Gasteiger partial charge in [-0.25, -0.2) is 0 Å². The summed E-state index contributed by atoms with van der Waals surface area (Å²) in [6.07, 6.45) is 2.46. The van der Waals surface area contributed by atoms with E-state index in [9.17, 15) is 9.59 Å². The zero-order valence-electron chi connectivity index (χ0n) is 12.2. The number of hydrogen-bond acceptors (Lipinski definition) is 4. The number of ether oxygens (including phenoxy) is 1. The summed E-state index contributed by atoms with van der Waals surface area (Å²) in [4.78, 5) is 26.8. The Morgan fingerprint density at radius 2 is 1.96 bits per heavy atom. The first kappa shape index (κ1) is 14.7. The molecule has 3 rings (SSSR count). The van der Waals surface area contributed by atoms with E-state index in [0.29, 0.717) is 17.0 Å². The third-order valence-electron chi connectivity index (χ3n) is 3.28. The molecule has 114 valence electrons. The molecule has 0 aliphatic heterocycles. The highest BCUT2D eigenvalue weighted by Crippen LogP contribution is 2.17. The van der Waals surface area contributed by atoms with Crippen LogP contribution in [0.5, 0.6) is 5.75 Å². The van der Waals surface area contributed by atoms with Gasteiger partial charge in [0.1, 0.15) is 12.0 Å². The molecule has 0 atom stereocenters. The van der Waals surface area contributed by atoms with Gasteiger partial charge in [0.2, 0.25) is 0 Å². The molecule has 1 aromatic heterocycles. The number of amides is 1. The molecule has 1 N–H and O–H groups in total. The molecule has 0 spiro atoms. The topological polar surface area (TPSA) is 68.3 Å². The number of carbonyl (C=O) groups is 2. The number of rotatable bonds is 5. The Bertz CT molecular complexity index is 844. The number of nitrogens with zero attached hydrogens (tertiary/aromatic N) is 1. The first-order valence-electron chi connectivity index (χ1n) is 7.07. The van der Waals surface area contributed by atoms with Gasteiger partial charge in [0, 0.05) is 22.8 Å². The third kappa shape index (κ3) is 3.71. The molecule has 5 nitrogen and oxygen atoms in total. The Balaban J connectivity index is 1.60. The predicted molar refractivity (Wildman–Crippen MR) is 87.7 cm³/mol. The monoisotopic (exact) mass is 306 g/mol. The lowest BCUT2D eigenvalue weighted by molar-refractivity contribution is -0.118. The summed E-state index contributed by atoms with van der Waals surface area (Å²) in [6, 6.07) is 15.9. The summed E-state index contributed by atoms with van der Waals surface area (Å²) in [7, 11) is 0. The lowest BCUT2D eigenvalue weighted by atomic mass is 10.2.